The van der Waals surface area contributed by atoms with E-state index in [0.717, 1.165) is 5.75 Å². The molecule has 1 unspecified atom stereocenters. The highest BCUT2D eigenvalue weighted by molar-refractivity contribution is 8.76. The molecule has 26 heteroatoms. The number of aliphatic carboxylic acids is 1. The number of hydrogen-bond acceptors (Lipinski definition) is 19. The van der Waals surface area contributed by atoms with E-state index >= 15 is 9.59 Å². The van der Waals surface area contributed by atoms with Crippen molar-refractivity contribution in [2.24, 2.45) is 41.4 Å². The Bertz CT molecular complexity index is 3400. The van der Waals surface area contributed by atoms with Crippen molar-refractivity contribution >= 4 is 92.3 Å². The first-order valence-corrected chi connectivity index (χ1v) is 39.3. The minimum absolute atomic E-state index is 0.0245. The van der Waals surface area contributed by atoms with Crippen molar-refractivity contribution < 1.29 is 86.7 Å². The fourth-order valence-corrected chi connectivity index (χ4v) is 13.8. The molecule has 0 saturated carbocycles. The van der Waals surface area contributed by atoms with Crippen LogP contribution in [0.15, 0.2) is 121 Å². The Hall–Kier alpha value is -8.30. The number of carboxylic acids is 1. The van der Waals surface area contributed by atoms with Gasteiger partial charge in [0.25, 0.3) is 0 Å². The predicted octanol–water partition coefficient (Wildman–Crippen LogP) is 9.87. The summed E-state index contributed by atoms with van der Waals surface area (Å²) in [4.78, 5) is 169. The Labute approximate surface area is 638 Å². The van der Waals surface area contributed by atoms with Gasteiger partial charge in [0, 0.05) is 55.6 Å². The summed E-state index contributed by atoms with van der Waals surface area (Å²) >= 11 is 0. The lowest BCUT2D eigenvalue weighted by atomic mass is 9.76. The second-order valence-electron chi connectivity index (χ2n) is 29.7. The maximum Gasteiger partial charge on any atom is 0.408 e. The number of hydrogen-bond donors (Lipinski definition) is 8. The molecule has 0 aromatic heterocycles. The average molecular weight is 1520 g/mol. The van der Waals surface area contributed by atoms with E-state index in [1.807, 2.05) is 133 Å². The molecule has 0 saturated heterocycles. The maximum atomic E-state index is 15.2. The lowest BCUT2D eigenvalue weighted by Crippen LogP contribution is -2.53. The SMILES string of the molecule is CCSSC[C@H](NC(=O)OC(C)(C)C)C(=O)NCCOCCOCC(=O)C[C@H](C(=O)N[C@@H](CC(=O)NC(c1ccccc1)(c1ccccc1)c1ccccc1)C(=O)C[C@@H](CO)C(=O)N[C@@H](CC(=O)OC(C)(C)C)C(=O)C[C@@H](Cc1ccccc1)C(=O)N[C@@H](CC(C)C)C(=O)C[C@@H](CC(C)C)C(=O)O)C(C)CC. The first-order chi connectivity index (χ1) is 50.6. The molecular weight excluding hydrogens is 1410 g/mol. The monoisotopic (exact) mass is 1520 g/mol. The molecule has 4 aromatic carbocycles. The first-order valence-electron chi connectivity index (χ1n) is 36.8. The number of carbonyl (C=O) groups excluding carboxylic acids is 11. The van der Waals surface area contributed by atoms with Gasteiger partial charge in [-0.2, -0.15) is 0 Å². The van der Waals surface area contributed by atoms with Gasteiger partial charge in [0.05, 0.1) is 69.2 Å². The summed E-state index contributed by atoms with van der Waals surface area (Å²) in [5.74, 6) is -13.2. The summed E-state index contributed by atoms with van der Waals surface area (Å²) in [6.45, 7) is 21.5. The van der Waals surface area contributed by atoms with Crippen molar-refractivity contribution in [3.63, 3.8) is 0 Å². The molecule has 0 fully saturated rings. The van der Waals surface area contributed by atoms with E-state index in [0.29, 0.717) is 34.4 Å². The number of rotatable bonds is 49. The van der Waals surface area contributed by atoms with Gasteiger partial charge < -0.3 is 61.1 Å². The predicted molar refractivity (Wildman–Crippen MR) is 412 cm³/mol. The summed E-state index contributed by atoms with van der Waals surface area (Å²) in [5, 5.41) is 37.9. The number of carbonyl (C=O) groups is 12. The van der Waals surface area contributed by atoms with Crippen LogP contribution in [-0.4, -0.2) is 167 Å². The van der Waals surface area contributed by atoms with E-state index in [4.69, 9.17) is 18.9 Å². The quantitative estimate of drug-likeness (QED) is 0.00882. The Morgan fingerprint density at radius 2 is 0.963 bits per heavy atom. The first kappa shape index (κ1) is 91.1. The molecule has 0 spiro atoms. The molecule has 8 N–H and O–H groups in total. The molecule has 4 rings (SSSR count). The topological polar surface area (TPSA) is 354 Å². The van der Waals surface area contributed by atoms with Crippen molar-refractivity contribution in [2.45, 2.75) is 195 Å². The van der Waals surface area contributed by atoms with E-state index in [2.05, 4.69) is 31.9 Å². The van der Waals surface area contributed by atoms with Crippen LogP contribution in [0.25, 0.3) is 0 Å². The van der Waals surface area contributed by atoms with Crippen molar-refractivity contribution in [2.75, 3.05) is 51.1 Å². The molecule has 6 amide bonds. The van der Waals surface area contributed by atoms with E-state index in [9.17, 15) is 58.2 Å². The van der Waals surface area contributed by atoms with Gasteiger partial charge in [0.1, 0.15) is 29.4 Å². The molecule has 4 aromatic rings. The number of amides is 6. The highest BCUT2D eigenvalue weighted by Crippen LogP contribution is 2.37. The fraction of sp³-hybridized carbons (Fsp3) is 0.556. The van der Waals surface area contributed by atoms with Crippen LogP contribution in [-0.2, 0) is 83.6 Å². The standard InChI is InChI=1S/C81H114N6O18S2/c1-14-54(7)63(46-62(89)50-103-39-38-102-37-36-82-76(98)67(51-107-106-15-2)86-78(101)105-80(11,12)13)75(97)85-65(47-71(93)87-81(59-30-22-17-23-31-59,60-32-24-18-25-33-60)61-34-26-19-27-35-61)70(92)45-58(49-88)74(96)84-66(48-72(94)104-79(8,9)10)68(90)43-56(42-55-28-20-16-21-29-55)73(95)83-64(41-53(5)6)69(91)44-57(77(99)100)40-52(3)4/h16-35,52-54,56-58,63-67,88H,14-15,36-51H2,1-13H3,(H,82,98)(H,83,95)(H,84,96)(H,85,97)(H,86,101)(H,87,93)(H,99,100)/t54?,56-,57-,58+,63+,64+,65+,66+,67+/m1/s1. The van der Waals surface area contributed by atoms with E-state index in [1.54, 1.807) is 89.6 Å². The summed E-state index contributed by atoms with van der Waals surface area (Å²) in [6.07, 6.45) is -3.73. The van der Waals surface area contributed by atoms with Crippen LogP contribution in [0.4, 0.5) is 4.79 Å². The van der Waals surface area contributed by atoms with E-state index in [-0.39, 0.29) is 70.3 Å². The third-order valence-corrected chi connectivity index (χ3v) is 19.9. The molecule has 24 nitrogen and oxygen atoms in total. The van der Waals surface area contributed by atoms with Crippen LogP contribution >= 0.6 is 21.6 Å². The molecule has 0 bridgehead atoms. The molecule has 0 heterocycles. The van der Waals surface area contributed by atoms with Crippen LogP contribution in [0.3, 0.4) is 0 Å². The van der Waals surface area contributed by atoms with Crippen LogP contribution in [0, 0.1) is 41.4 Å². The van der Waals surface area contributed by atoms with Crippen molar-refractivity contribution in [1.29, 1.82) is 0 Å². The molecule has 107 heavy (non-hydrogen) atoms. The van der Waals surface area contributed by atoms with E-state index < -0.39 is 180 Å². The number of nitrogens with one attached hydrogen (secondary N) is 6. The number of ketones is 4. The highest BCUT2D eigenvalue weighted by Gasteiger charge is 2.42. The Morgan fingerprint density at radius 3 is 1.47 bits per heavy atom. The molecule has 588 valence electrons. The minimum atomic E-state index is -1.74. The van der Waals surface area contributed by atoms with Gasteiger partial charge in [-0.3, -0.25) is 52.7 Å². The van der Waals surface area contributed by atoms with Gasteiger partial charge >= 0.3 is 18.0 Å². The van der Waals surface area contributed by atoms with Crippen molar-refractivity contribution in [1.82, 2.24) is 31.9 Å². The van der Waals surface area contributed by atoms with Crippen molar-refractivity contribution in [3.05, 3.63) is 144 Å². The zero-order valence-electron chi connectivity index (χ0n) is 64.4. The van der Waals surface area contributed by atoms with Gasteiger partial charge in [0.2, 0.25) is 29.5 Å². The third-order valence-electron chi connectivity index (χ3n) is 17.4. The summed E-state index contributed by atoms with van der Waals surface area (Å²) in [6, 6.07) is 30.5. The van der Waals surface area contributed by atoms with Crippen LogP contribution in [0.2, 0.25) is 0 Å². The molecule has 0 radical (unpaired) electrons. The van der Waals surface area contributed by atoms with Gasteiger partial charge in [-0.15, -0.1) is 0 Å². The molecule has 0 aliphatic carbocycles. The van der Waals surface area contributed by atoms with E-state index in [1.165, 1.54) is 10.8 Å². The lowest BCUT2D eigenvalue weighted by molar-refractivity contribution is -0.156. The number of Topliss-reactive ketones (excluding diaryl/α,β-unsaturated/α-hetero) is 4. The molecular formula is C81H114N6O18S2. The number of benzene rings is 4. The van der Waals surface area contributed by atoms with Crippen LogP contribution < -0.4 is 31.9 Å². The smallest absolute Gasteiger partial charge is 0.408 e. The largest absolute Gasteiger partial charge is 0.481 e. The lowest BCUT2D eigenvalue weighted by Gasteiger charge is -2.37. The molecule has 9 atom stereocenters. The summed E-state index contributed by atoms with van der Waals surface area (Å²) in [5.41, 5.74) is -0.730. The second-order valence-corrected chi connectivity index (χ2v) is 32.5. The average Bonchev–Trinajstić information content (AvgIpc) is 0.753. The number of carboxylic acid groups (broad SMARTS) is 1. The fourth-order valence-electron chi connectivity index (χ4n) is 12.0. The number of esters is 1. The maximum absolute atomic E-state index is 15.2. The van der Waals surface area contributed by atoms with Gasteiger partial charge in [0.15, 0.2) is 23.1 Å². The zero-order valence-corrected chi connectivity index (χ0v) is 66.0. The van der Waals surface area contributed by atoms with Crippen LogP contribution in [0.1, 0.15) is 170 Å². The van der Waals surface area contributed by atoms with Gasteiger partial charge in [-0.25, -0.2) is 4.79 Å². The number of aliphatic hydroxyl groups excluding tert-OH is 1. The number of alkyl carbamates (subject to hydrolysis) is 1. The number of ether oxygens (including phenoxy) is 4. The molecule has 0 aliphatic heterocycles. The Morgan fingerprint density at radius 1 is 0.486 bits per heavy atom. The Balaban J connectivity index is 1.67. The minimum Gasteiger partial charge on any atom is -0.481 e. The zero-order chi connectivity index (χ0) is 79.4. The van der Waals surface area contributed by atoms with Gasteiger partial charge in [-0.1, -0.05) is 198 Å². The number of aliphatic hydroxyl groups is 1. The summed E-state index contributed by atoms with van der Waals surface area (Å²) < 4.78 is 22.3. The normalized spacial score (nSPS) is 14.3. The third kappa shape index (κ3) is 33.0. The Kier molecular flexibility index (Phi) is 39.3. The van der Waals surface area contributed by atoms with Crippen molar-refractivity contribution in [3.8, 4) is 0 Å². The van der Waals surface area contributed by atoms with Gasteiger partial charge in [-0.05, 0) is 101 Å². The van der Waals surface area contributed by atoms with Crippen LogP contribution in [0.5, 0.6) is 0 Å². The highest BCUT2D eigenvalue weighted by atomic mass is 33.1. The molecule has 0 aliphatic rings. The second kappa shape index (κ2) is 46.1. The summed E-state index contributed by atoms with van der Waals surface area (Å²) in [7, 11) is 2.97.